The van der Waals surface area contributed by atoms with E-state index >= 15 is 0 Å². The quantitative estimate of drug-likeness (QED) is 0.833. The van der Waals surface area contributed by atoms with Crippen LogP contribution in [0.2, 0.25) is 0 Å². The first-order valence-electron chi connectivity index (χ1n) is 8.00. The monoisotopic (exact) mass is 329 g/mol. The third-order valence-electron chi connectivity index (χ3n) is 4.21. The van der Waals surface area contributed by atoms with Gasteiger partial charge in [0.05, 0.1) is 18.3 Å². The van der Waals surface area contributed by atoms with E-state index in [1.54, 1.807) is 0 Å². The van der Waals surface area contributed by atoms with Crippen LogP contribution in [0.1, 0.15) is 38.7 Å². The largest absolute Gasteiger partial charge is 0.478 e. The third kappa shape index (κ3) is 3.35. The number of hydrogen-bond acceptors (Lipinski definition) is 4. The molecule has 24 heavy (non-hydrogen) atoms. The van der Waals surface area contributed by atoms with E-state index in [9.17, 15) is 14.7 Å². The molecule has 0 fully saturated rings. The number of anilines is 1. The summed E-state index contributed by atoms with van der Waals surface area (Å²) in [5.74, 6) is -1.48. The van der Waals surface area contributed by atoms with Crippen LogP contribution in [0.25, 0.3) is 0 Å². The van der Waals surface area contributed by atoms with Gasteiger partial charge in [-0.1, -0.05) is 31.0 Å². The topological polar surface area (TPSA) is 66.8 Å². The maximum atomic E-state index is 12.1. The molecule has 0 amide bonds. The van der Waals surface area contributed by atoms with Gasteiger partial charge in [0.2, 0.25) is 0 Å². The van der Waals surface area contributed by atoms with Gasteiger partial charge in [0.15, 0.2) is 0 Å². The van der Waals surface area contributed by atoms with E-state index in [-0.39, 0.29) is 12.0 Å². The lowest BCUT2D eigenvalue weighted by atomic mass is 9.93. The van der Waals surface area contributed by atoms with Crippen LogP contribution in [0.4, 0.5) is 5.69 Å². The van der Waals surface area contributed by atoms with Crippen molar-refractivity contribution in [1.29, 1.82) is 0 Å². The van der Waals surface area contributed by atoms with Gasteiger partial charge in [0.25, 0.3) is 0 Å². The molecule has 128 valence electrons. The predicted octanol–water partition coefficient (Wildman–Crippen LogP) is 3.79. The first-order valence-corrected chi connectivity index (χ1v) is 8.00. The number of hydrogen-bond donors (Lipinski definition) is 1. The summed E-state index contributed by atoms with van der Waals surface area (Å²) >= 11 is 0. The Hall–Kier alpha value is -2.56. The van der Waals surface area contributed by atoms with Crippen molar-refractivity contribution in [2.75, 3.05) is 12.0 Å². The molecular formula is C19H23NO4. The Balaban J connectivity index is 2.66. The molecule has 1 aromatic carbocycles. The molecule has 1 aliphatic rings. The van der Waals surface area contributed by atoms with Gasteiger partial charge < -0.3 is 14.7 Å². The first kappa shape index (κ1) is 17.8. The lowest BCUT2D eigenvalue weighted by Crippen LogP contribution is -2.31. The molecule has 0 saturated carbocycles. The molecule has 2 rings (SSSR count). The Labute approximate surface area is 142 Å². The molecule has 1 aliphatic heterocycles. The lowest BCUT2D eigenvalue weighted by Gasteiger charge is -2.35. The predicted molar refractivity (Wildman–Crippen MR) is 92.6 cm³/mol. The number of rotatable bonds is 5. The molecule has 0 saturated heterocycles. The number of allylic oxidation sites excluding steroid dienone is 2. The Morgan fingerprint density at radius 1 is 1.17 bits per heavy atom. The maximum absolute atomic E-state index is 12.1. The average Bonchev–Trinajstić information content (AvgIpc) is 2.55. The molecule has 0 aromatic heterocycles. The molecule has 5 heteroatoms. The van der Waals surface area contributed by atoms with Crippen LogP contribution in [0, 0.1) is 6.92 Å². The van der Waals surface area contributed by atoms with E-state index in [2.05, 4.69) is 0 Å². The molecular weight excluding hydrogens is 306 g/mol. The fourth-order valence-corrected chi connectivity index (χ4v) is 2.96. The van der Waals surface area contributed by atoms with E-state index in [4.69, 9.17) is 4.74 Å². The second-order valence-corrected chi connectivity index (χ2v) is 5.88. The molecule has 1 aromatic rings. The number of carbonyl (C=O) groups is 2. The highest BCUT2D eigenvalue weighted by Gasteiger charge is 2.32. The fraction of sp³-hybridized carbons (Fsp3) is 0.368. The normalized spacial score (nSPS) is 14.9. The van der Waals surface area contributed by atoms with Gasteiger partial charge in [0, 0.05) is 23.5 Å². The van der Waals surface area contributed by atoms with Gasteiger partial charge in [0.1, 0.15) is 0 Å². The van der Waals surface area contributed by atoms with Crippen molar-refractivity contribution in [1.82, 2.24) is 0 Å². The Morgan fingerprint density at radius 3 is 2.29 bits per heavy atom. The van der Waals surface area contributed by atoms with E-state index < -0.39 is 11.9 Å². The van der Waals surface area contributed by atoms with E-state index in [0.717, 1.165) is 29.1 Å². The van der Waals surface area contributed by atoms with Gasteiger partial charge in [-0.15, -0.1) is 0 Å². The smallest absolute Gasteiger partial charge is 0.335 e. The number of ether oxygens (including phenoxy) is 1. The molecule has 0 atom stereocenters. The number of carboxylic acids is 1. The standard InChI is InChI=1S/C19H23NO4/c1-5-6-17-16(18(21)22)11-15(19(23)24-4)13(3)20(17)14-9-7-12(2)8-10-14/h7-10H,5-6,11H2,1-4H3,(H,21,22). The van der Waals surface area contributed by atoms with Crippen LogP contribution >= 0.6 is 0 Å². The van der Waals surface area contributed by atoms with Gasteiger partial charge in [-0.2, -0.15) is 0 Å². The van der Waals surface area contributed by atoms with Crippen LogP contribution in [0.5, 0.6) is 0 Å². The summed E-state index contributed by atoms with van der Waals surface area (Å²) in [6, 6.07) is 7.82. The van der Waals surface area contributed by atoms with Crippen LogP contribution in [0.3, 0.4) is 0 Å². The van der Waals surface area contributed by atoms with Crippen molar-refractivity contribution in [3.63, 3.8) is 0 Å². The molecule has 0 aliphatic carbocycles. The van der Waals surface area contributed by atoms with Crippen LogP contribution in [-0.2, 0) is 14.3 Å². The second kappa shape index (κ2) is 7.34. The minimum absolute atomic E-state index is 0.0888. The highest BCUT2D eigenvalue weighted by Crippen LogP contribution is 2.37. The van der Waals surface area contributed by atoms with Gasteiger partial charge in [-0.3, -0.25) is 0 Å². The van der Waals surface area contributed by atoms with Crippen LogP contribution in [-0.4, -0.2) is 24.2 Å². The second-order valence-electron chi connectivity index (χ2n) is 5.88. The molecule has 5 nitrogen and oxygen atoms in total. The van der Waals surface area contributed by atoms with Crippen molar-refractivity contribution in [3.8, 4) is 0 Å². The number of benzene rings is 1. The summed E-state index contributed by atoms with van der Waals surface area (Å²) < 4.78 is 4.85. The van der Waals surface area contributed by atoms with Crippen molar-refractivity contribution in [2.24, 2.45) is 0 Å². The molecule has 1 heterocycles. The summed E-state index contributed by atoms with van der Waals surface area (Å²) in [7, 11) is 1.31. The summed E-state index contributed by atoms with van der Waals surface area (Å²) in [6.07, 6.45) is 1.53. The number of aliphatic carboxylic acids is 1. The Kier molecular flexibility index (Phi) is 5.44. The molecule has 0 unspecified atom stereocenters. The van der Waals surface area contributed by atoms with Crippen molar-refractivity contribution in [3.05, 3.63) is 52.4 Å². The van der Waals surface area contributed by atoms with Gasteiger partial charge >= 0.3 is 11.9 Å². The van der Waals surface area contributed by atoms with Crippen molar-refractivity contribution >= 4 is 17.6 Å². The number of aryl methyl sites for hydroxylation is 1. The van der Waals surface area contributed by atoms with E-state index in [1.807, 2.05) is 49.9 Å². The third-order valence-corrected chi connectivity index (χ3v) is 4.21. The average molecular weight is 329 g/mol. The maximum Gasteiger partial charge on any atom is 0.335 e. The van der Waals surface area contributed by atoms with Crippen LogP contribution in [0.15, 0.2) is 46.8 Å². The zero-order valence-corrected chi connectivity index (χ0v) is 14.5. The molecule has 0 radical (unpaired) electrons. The van der Waals surface area contributed by atoms with Crippen LogP contribution < -0.4 is 4.90 Å². The Bertz CT molecular complexity index is 713. The van der Waals surface area contributed by atoms with Gasteiger partial charge in [-0.05, 0) is 32.4 Å². The SMILES string of the molecule is CCCC1=C(C(=O)O)CC(C(=O)OC)=C(C)N1c1ccc(C)cc1. The lowest BCUT2D eigenvalue weighted by molar-refractivity contribution is -0.136. The molecule has 1 N–H and O–H groups in total. The zero-order valence-electron chi connectivity index (χ0n) is 14.5. The first-order chi connectivity index (χ1) is 11.4. The summed E-state index contributed by atoms with van der Waals surface area (Å²) in [4.78, 5) is 25.8. The molecule has 0 spiro atoms. The molecule has 0 bridgehead atoms. The van der Waals surface area contributed by atoms with Gasteiger partial charge in [-0.25, -0.2) is 9.59 Å². The highest BCUT2D eigenvalue weighted by atomic mass is 16.5. The minimum Gasteiger partial charge on any atom is -0.478 e. The number of carbonyl (C=O) groups excluding carboxylic acids is 1. The fourth-order valence-electron chi connectivity index (χ4n) is 2.96. The Morgan fingerprint density at radius 2 is 1.79 bits per heavy atom. The minimum atomic E-state index is -0.996. The zero-order chi connectivity index (χ0) is 17.9. The number of carboxylic acid groups (broad SMARTS) is 1. The number of esters is 1. The number of methoxy groups -OCH3 is 1. The van der Waals surface area contributed by atoms with E-state index in [1.165, 1.54) is 7.11 Å². The summed E-state index contributed by atoms with van der Waals surface area (Å²) in [5.41, 5.74) is 4.06. The number of nitrogens with zero attached hydrogens (tertiary/aromatic N) is 1. The van der Waals surface area contributed by atoms with Crippen molar-refractivity contribution < 1.29 is 19.4 Å². The van der Waals surface area contributed by atoms with Crippen molar-refractivity contribution in [2.45, 2.75) is 40.0 Å². The highest BCUT2D eigenvalue weighted by molar-refractivity contribution is 5.97. The summed E-state index contributed by atoms with van der Waals surface area (Å²) in [5, 5.41) is 9.64. The summed E-state index contributed by atoms with van der Waals surface area (Å²) in [6.45, 7) is 5.84. The van der Waals surface area contributed by atoms with E-state index in [0.29, 0.717) is 12.0 Å².